The van der Waals surface area contributed by atoms with E-state index in [1.807, 2.05) is 30.3 Å². The van der Waals surface area contributed by atoms with Crippen LogP contribution in [-0.2, 0) is 35.1 Å². The van der Waals surface area contributed by atoms with Crippen molar-refractivity contribution in [1.29, 1.82) is 0 Å². The number of benzene rings is 1. The number of nitrogens with one attached hydrogen (secondary N) is 2. The average Bonchev–Trinajstić information content (AvgIpc) is 2.65. The van der Waals surface area contributed by atoms with Gasteiger partial charge in [0.1, 0.15) is 12.1 Å². The number of hydrogen-bond donors (Lipinski definition) is 2. The molecule has 0 aliphatic rings. The molecule has 1 aromatic rings. The molecule has 2 N–H and O–H groups in total. The number of carbonyl (C=O) groups is 4. The van der Waals surface area contributed by atoms with Crippen molar-refractivity contribution in [2.24, 2.45) is 5.92 Å². The maximum atomic E-state index is 12.7. The second kappa shape index (κ2) is 10.9. The van der Waals surface area contributed by atoms with Crippen LogP contribution in [0.1, 0.15) is 25.8 Å². The molecule has 3 atom stereocenters. The molecular weight excluding hydrogens is 352 g/mol. The van der Waals surface area contributed by atoms with Gasteiger partial charge in [0.2, 0.25) is 11.8 Å². The van der Waals surface area contributed by atoms with Gasteiger partial charge in [-0.1, -0.05) is 37.3 Å². The summed E-state index contributed by atoms with van der Waals surface area (Å²) < 4.78 is 9.36. The van der Waals surface area contributed by atoms with Gasteiger partial charge in [0.05, 0.1) is 20.1 Å². The van der Waals surface area contributed by atoms with Gasteiger partial charge < -0.3 is 20.1 Å². The van der Waals surface area contributed by atoms with Crippen LogP contribution >= 0.6 is 0 Å². The Morgan fingerprint density at radius 1 is 0.926 bits per heavy atom. The molecule has 8 nitrogen and oxygen atoms in total. The van der Waals surface area contributed by atoms with E-state index in [1.165, 1.54) is 21.1 Å². The minimum absolute atomic E-state index is 0.0171. The summed E-state index contributed by atoms with van der Waals surface area (Å²) in [6.07, 6.45) is 0.274. The number of esters is 2. The van der Waals surface area contributed by atoms with Crippen LogP contribution in [0.4, 0.5) is 0 Å². The number of rotatable bonds is 9. The Hall–Kier alpha value is -2.90. The summed E-state index contributed by atoms with van der Waals surface area (Å²) in [6, 6.07) is 7.26. The zero-order valence-electron chi connectivity index (χ0n) is 16.0. The van der Waals surface area contributed by atoms with Gasteiger partial charge in [0, 0.05) is 13.3 Å². The lowest BCUT2D eigenvalue weighted by molar-refractivity contribution is -0.149. The van der Waals surface area contributed by atoms with Gasteiger partial charge in [-0.05, 0) is 12.0 Å². The van der Waals surface area contributed by atoms with Gasteiger partial charge in [-0.3, -0.25) is 14.4 Å². The van der Waals surface area contributed by atoms with E-state index in [4.69, 9.17) is 4.74 Å². The van der Waals surface area contributed by atoms with Gasteiger partial charge in [0.15, 0.2) is 0 Å². The third-order valence-electron chi connectivity index (χ3n) is 3.97. The molecule has 0 bridgehead atoms. The van der Waals surface area contributed by atoms with E-state index in [1.54, 1.807) is 6.92 Å². The molecule has 0 spiro atoms. The normalized spacial score (nSPS) is 13.6. The minimum atomic E-state index is -1.04. The van der Waals surface area contributed by atoms with Crippen LogP contribution in [0.25, 0.3) is 0 Å². The Morgan fingerprint density at radius 2 is 1.52 bits per heavy atom. The van der Waals surface area contributed by atoms with E-state index >= 15 is 0 Å². The van der Waals surface area contributed by atoms with E-state index < -0.39 is 35.8 Å². The van der Waals surface area contributed by atoms with Crippen LogP contribution in [0, 0.1) is 5.92 Å². The average molecular weight is 378 g/mol. The first-order chi connectivity index (χ1) is 12.8. The Labute approximate surface area is 158 Å². The summed E-state index contributed by atoms with van der Waals surface area (Å²) in [4.78, 5) is 47.8. The van der Waals surface area contributed by atoms with E-state index in [0.29, 0.717) is 0 Å². The summed E-state index contributed by atoms with van der Waals surface area (Å²) in [7, 11) is 2.44. The molecule has 0 unspecified atom stereocenters. The molecule has 0 saturated carbocycles. The standard InChI is InChI=1S/C19H26N2O6/c1-12(18(24)26-3)10-16(19(25)27-4)21-17(23)15(20-13(2)22)11-14-8-6-5-7-9-14/h5-9,12,15-16H,10-11H2,1-4H3,(H,20,22)(H,21,23)/t12-,15+,16+/m0/s1. The number of methoxy groups -OCH3 is 2. The van der Waals surface area contributed by atoms with Crippen LogP contribution < -0.4 is 10.6 Å². The van der Waals surface area contributed by atoms with Crippen molar-refractivity contribution in [3.63, 3.8) is 0 Å². The Balaban J connectivity index is 2.91. The molecule has 1 rings (SSSR count). The first-order valence-corrected chi connectivity index (χ1v) is 8.55. The van der Waals surface area contributed by atoms with Crippen LogP contribution in [0.5, 0.6) is 0 Å². The molecule has 0 aromatic heterocycles. The van der Waals surface area contributed by atoms with Crippen molar-refractivity contribution in [1.82, 2.24) is 10.6 Å². The van der Waals surface area contributed by atoms with Crippen molar-refractivity contribution in [2.45, 2.75) is 38.8 Å². The lowest BCUT2D eigenvalue weighted by atomic mass is 10.0. The zero-order chi connectivity index (χ0) is 20.4. The van der Waals surface area contributed by atoms with Gasteiger partial charge in [-0.25, -0.2) is 4.79 Å². The fraction of sp³-hybridized carbons (Fsp3) is 0.474. The highest BCUT2D eigenvalue weighted by molar-refractivity contribution is 5.90. The van der Waals surface area contributed by atoms with Gasteiger partial charge in [-0.15, -0.1) is 0 Å². The smallest absolute Gasteiger partial charge is 0.328 e. The quantitative estimate of drug-likeness (QED) is 0.609. The molecule has 0 aliphatic heterocycles. The highest BCUT2D eigenvalue weighted by atomic mass is 16.5. The second-order valence-electron chi connectivity index (χ2n) is 6.19. The Morgan fingerprint density at radius 3 is 2.04 bits per heavy atom. The fourth-order valence-electron chi connectivity index (χ4n) is 2.58. The summed E-state index contributed by atoms with van der Waals surface area (Å²) in [5, 5.41) is 5.15. The van der Waals surface area contributed by atoms with Crippen molar-refractivity contribution < 1.29 is 28.7 Å². The molecule has 148 valence electrons. The molecule has 1 aromatic carbocycles. The number of hydrogen-bond acceptors (Lipinski definition) is 6. The number of ether oxygens (including phenoxy) is 2. The summed E-state index contributed by atoms with van der Waals surface area (Å²) in [5.74, 6) is -2.71. The molecule has 0 radical (unpaired) electrons. The zero-order valence-corrected chi connectivity index (χ0v) is 16.0. The van der Waals surface area contributed by atoms with Crippen molar-refractivity contribution in [3.8, 4) is 0 Å². The lowest BCUT2D eigenvalue weighted by Crippen LogP contribution is -2.53. The third-order valence-corrected chi connectivity index (χ3v) is 3.97. The van der Waals surface area contributed by atoms with Crippen LogP contribution in [0.2, 0.25) is 0 Å². The summed E-state index contributed by atoms with van der Waals surface area (Å²) >= 11 is 0. The van der Waals surface area contributed by atoms with Gasteiger partial charge in [-0.2, -0.15) is 0 Å². The van der Waals surface area contributed by atoms with Crippen LogP contribution in [0.15, 0.2) is 30.3 Å². The first-order valence-electron chi connectivity index (χ1n) is 8.55. The van der Waals surface area contributed by atoms with E-state index in [0.717, 1.165) is 5.56 Å². The van der Waals surface area contributed by atoms with E-state index in [9.17, 15) is 19.2 Å². The maximum absolute atomic E-state index is 12.7. The van der Waals surface area contributed by atoms with Crippen LogP contribution in [-0.4, -0.2) is 50.1 Å². The number of amides is 2. The predicted octanol–water partition coefficient (Wildman–Crippen LogP) is 0.591. The van der Waals surface area contributed by atoms with Crippen molar-refractivity contribution in [3.05, 3.63) is 35.9 Å². The molecule has 0 saturated heterocycles. The summed E-state index contributed by atoms with van der Waals surface area (Å²) in [5.41, 5.74) is 0.851. The van der Waals surface area contributed by atoms with Gasteiger partial charge >= 0.3 is 11.9 Å². The molecule has 0 fully saturated rings. The first kappa shape index (κ1) is 22.1. The van der Waals surface area contributed by atoms with Crippen LogP contribution in [0.3, 0.4) is 0 Å². The third kappa shape index (κ3) is 7.47. The Bertz CT molecular complexity index is 661. The number of carbonyl (C=O) groups excluding carboxylic acids is 4. The molecule has 27 heavy (non-hydrogen) atoms. The highest BCUT2D eigenvalue weighted by Gasteiger charge is 2.30. The molecule has 8 heteroatoms. The van der Waals surface area contributed by atoms with E-state index in [-0.39, 0.29) is 18.7 Å². The van der Waals surface area contributed by atoms with Crippen molar-refractivity contribution >= 4 is 23.8 Å². The van der Waals surface area contributed by atoms with Crippen molar-refractivity contribution in [2.75, 3.05) is 14.2 Å². The maximum Gasteiger partial charge on any atom is 0.328 e. The second-order valence-corrected chi connectivity index (χ2v) is 6.19. The highest BCUT2D eigenvalue weighted by Crippen LogP contribution is 2.11. The molecular formula is C19H26N2O6. The topological polar surface area (TPSA) is 111 Å². The molecule has 0 aliphatic carbocycles. The lowest BCUT2D eigenvalue weighted by Gasteiger charge is -2.23. The minimum Gasteiger partial charge on any atom is -0.469 e. The fourth-order valence-corrected chi connectivity index (χ4v) is 2.58. The monoisotopic (exact) mass is 378 g/mol. The molecule has 0 heterocycles. The van der Waals surface area contributed by atoms with Gasteiger partial charge in [0.25, 0.3) is 0 Å². The van der Waals surface area contributed by atoms with E-state index in [2.05, 4.69) is 15.4 Å². The predicted molar refractivity (Wildman–Crippen MR) is 97.5 cm³/mol. The SMILES string of the molecule is COC(=O)[C@@H](C)C[C@@H](NC(=O)[C@@H](Cc1ccccc1)NC(C)=O)C(=O)OC. The Kier molecular flexibility index (Phi) is 8.98. The summed E-state index contributed by atoms with van der Waals surface area (Å²) in [6.45, 7) is 2.89. The molecule has 2 amide bonds. The largest absolute Gasteiger partial charge is 0.469 e.